The molecule has 5 heterocycles. The van der Waals surface area contributed by atoms with Gasteiger partial charge in [0, 0.05) is 41.6 Å². The van der Waals surface area contributed by atoms with Crippen LogP contribution >= 0.6 is 0 Å². The van der Waals surface area contributed by atoms with Gasteiger partial charge in [-0.25, -0.2) is 9.97 Å². The van der Waals surface area contributed by atoms with Crippen LogP contribution in [0.1, 0.15) is 39.0 Å². The number of rotatable bonds is 4. The average Bonchev–Trinajstić information content (AvgIpc) is 3.09. The third-order valence-electron chi connectivity index (χ3n) is 7.82. The fraction of sp³-hybridized carbons (Fsp3) is 0.560. The normalized spacial score (nSPS) is 28.8. The molecule has 6 nitrogen and oxygen atoms in total. The summed E-state index contributed by atoms with van der Waals surface area (Å²) in [5.41, 5.74) is 2.91. The molecule has 6 heteroatoms. The van der Waals surface area contributed by atoms with Gasteiger partial charge in [0.05, 0.1) is 0 Å². The minimum Gasteiger partial charge on any atom is -0.317 e. The van der Waals surface area contributed by atoms with Crippen LogP contribution in [0.5, 0.6) is 0 Å². The second-order valence-corrected chi connectivity index (χ2v) is 9.60. The van der Waals surface area contributed by atoms with E-state index in [0.717, 1.165) is 68.8 Å². The van der Waals surface area contributed by atoms with Crippen LogP contribution in [0.15, 0.2) is 43.0 Å². The predicted molar refractivity (Wildman–Crippen MR) is 123 cm³/mol. The van der Waals surface area contributed by atoms with Gasteiger partial charge in [-0.05, 0) is 88.8 Å². The van der Waals surface area contributed by atoms with Crippen LogP contribution in [0.4, 0.5) is 5.69 Å². The first kappa shape index (κ1) is 20.6. The van der Waals surface area contributed by atoms with E-state index in [1.165, 1.54) is 12.8 Å². The van der Waals surface area contributed by atoms with E-state index in [1.807, 2.05) is 12.4 Å². The van der Waals surface area contributed by atoms with Crippen molar-refractivity contribution in [3.05, 3.63) is 43.0 Å². The molecule has 164 valence electrons. The van der Waals surface area contributed by atoms with E-state index in [9.17, 15) is 4.79 Å². The molecule has 4 saturated heterocycles. The van der Waals surface area contributed by atoms with Crippen LogP contribution in [0.2, 0.25) is 0 Å². The molecule has 4 fully saturated rings. The molecule has 0 spiro atoms. The van der Waals surface area contributed by atoms with Gasteiger partial charge in [-0.3, -0.25) is 4.79 Å². The molecule has 2 aromatic rings. The second kappa shape index (κ2) is 8.67. The summed E-state index contributed by atoms with van der Waals surface area (Å²) in [6.45, 7) is 7.62. The van der Waals surface area contributed by atoms with Crippen LogP contribution in [-0.2, 0) is 4.79 Å². The monoisotopic (exact) mass is 419 g/mol. The average molecular weight is 420 g/mol. The van der Waals surface area contributed by atoms with E-state index in [2.05, 4.69) is 56.3 Å². The largest absolute Gasteiger partial charge is 0.317 e. The lowest BCUT2D eigenvalue weighted by molar-refractivity contribution is -0.124. The first-order valence-electron chi connectivity index (χ1n) is 11.8. The van der Waals surface area contributed by atoms with E-state index in [4.69, 9.17) is 0 Å². The maximum atomic E-state index is 14.1. The number of aromatic nitrogens is 2. The number of amides is 1. The van der Waals surface area contributed by atoms with Crippen molar-refractivity contribution >= 4 is 11.6 Å². The Bertz CT molecular complexity index is 905. The van der Waals surface area contributed by atoms with Gasteiger partial charge in [0.1, 0.15) is 6.33 Å². The van der Waals surface area contributed by atoms with Gasteiger partial charge in [-0.2, -0.15) is 0 Å². The van der Waals surface area contributed by atoms with Crippen LogP contribution < -0.4 is 10.2 Å². The molecule has 1 amide bonds. The van der Waals surface area contributed by atoms with Crippen molar-refractivity contribution in [2.75, 3.05) is 37.6 Å². The first-order chi connectivity index (χ1) is 15.1. The third kappa shape index (κ3) is 3.99. The van der Waals surface area contributed by atoms with Crippen LogP contribution in [-0.4, -0.2) is 59.0 Å². The molecule has 2 bridgehead atoms. The van der Waals surface area contributed by atoms with E-state index < -0.39 is 0 Å². The van der Waals surface area contributed by atoms with Crippen molar-refractivity contribution in [3.63, 3.8) is 0 Å². The summed E-state index contributed by atoms with van der Waals surface area (Å²) in [5, 5.41) is 3.41. The van der Waals surface area contributed by atoms with Gasteiger partial charge in [0.25, 0.3) is 0 Å². The zero-order chi connectivity index (χ0) is 21.3. The summed E-state index contributed by atoms with van der Waals surface area (Å²) in [6, 6.07) is 8.44. The van der Waals surface area contributed by atoms with E-state index >= 15 is 0 Å². The molecule has 4 aliphatic heterocycles. The summed E-state index contributed by atoms with van der Waals surface area (Å²) in [5.74, 6) is 0.953. The topological polar surface area (TPSA) is 61.4 Å². The Morgan fingerprint density at radius 1 is 1.06 bits per heavy atom. The summed E-state index contributed by atoms with van der Waals surface area (Å²) >= 11 is 0. The number of carbonyl (C=O) groups excluding carboxylic acids is 1. The number of nitrogens with one attached hydrogen (secondary N) is 1. The number of hydrogen-bond acceptors (Lipinski definition) is 5. The Balaban J connectivity index is 1.56. The highest BCUT2D eigenvalue weighted by molar-refractivity contribution is 5.97. The molecule has 0 aliphatic carbocycles. The van der Waals surface area contributed by atoms with Gasteiger partial charge in [-0.15, -0.1) is 0 Å². The molecule has 6 rings (SSSR count). The predicted octanol–water partition coefficient (Wildman–Crippen LogP) is 3.35. The highest BCUT2D eigenvalue weighted by Crippen LogP contribution is 2.43. The van der Waals surface area contributed by atoms with Crippen LogP contribution in [0.3, 0.4) is 0 Å². The van der Waals surface area contributed by atoms with Crippen LogP contribution in [0.25, 0.3) is 11.1 Å². The summed E-state index contributed by atoms with van der Waals surface area (Å²) in [7, 11) is 0. The lowest BCUT2D eigenvalue weighted by Crippen LogP contribution is -2.57. The number of fused-ring (bicyclic) bond motifs is 4. The molecule has 0 saturated carbocycles. The Morgan fingerprint density at radius 3 is 2.55 bits per heavy atom. The van der Waals surface area contributed by atoms with Crippen molar-refractivity contribution in [1.82, 2.24) is 20.2 Å². The fourth-order valence-electron chi connectivity index (χ4n) is 5.86. The molecule has 1 N–H and O–H groups in total. The van der Waals surface area contributed by atoms with Gasteiger partial charge < -0.3 is 15.1 Å². The Hall–Kier alpha value is -2.31. The lowest BCUT2D eigenvalue weighted by atomic mass is 9.76. The number of hydrogen-bond donors (Lipinski definition) is 1. The zero-order valence-corrected chi connectivity index (χ0v) is 18.5. The molecule has 4 aliphatic rings. The van der Waals surface area contributed by atoms with Crippen molar-refractivity contribution in [2.24, 2.45) is 11.8 Å². The second-order valence-electron chi connectivity index (χ2n) is 9.60. The maximum Gasteiger partial charge on any atom is 0.230 e. The van der Waals surface area contributed by atoms with Gasteiger partial charge >= 0.3 is 0 Å². The van der Waals surface area contributed by atoms with Crippen molar-refractivity contribution in [2.45, 2.75) is 44.6 Å². The SMILES string of the molecule is CC1(N(C(=O)C2CCNCC2)c2cccc(-c3cncnc3)c2)CCN2CCC1CC2. The maximum absolute atomic E-state index is 14.1. The minimum atomic E-state index is -0.154. The zero-order valence-electron chi connectivity index (χ0n) is 18.5. The lowest BCUT2D eigenvalue weighted by Gasteiger charge is -2.47. The summed E-state index contributed by atoms with van der Waals surface area (Å²) in [6.07, 6.45) is 10.5. The standard InChI is InChI=1S/C25H33N5O/c1-25(9-14-29-12-7-22(25)8-13-29)30(24(31)19-5-10-26-11-6-19)23-4-2-3-20(15-23)21-16-27-18-28-17-21/h2-4,15-19,22,26H,5-14H2,1H3. The number of piperidine rings is 2. The molecule has 1 aromatic carbocycles. The van der Waals surface area contributed by atoms with Crippen molar-refractivity contribution < 1.29 is 4.79 Å². The third-order valence-corrected chi connectivity index (χ3v) is 7.82. The van der Waals surface area contributed by atoms with Crippen LogP contribution in [0, 0.1) is 11.8 Å². The fourth-order valence-corrected chi connectivity index (χ4v) is 5.86. The van der Waals surface area contributed by atoms with Crippen molar-refractivity contribution in [3.8, 4) is 11.1 Å². The Morgan fingerprint density at radius 2 is 1.81 bits per heavy atom. The van der Waals surface area contributed by atoms with E-state index in [0.29, 0.717) is 11.8 Å². The molecule has 1 aromatic heterocycles. The summed E-state index contributed by atoms with van der Waals surface area (Å²) < 4.78 is 0. The molecular formula is C25H33N5O. The smallest absolute Gasteiger partial charge is 0.230 e. The highest BCUT2D eigenvalue weighted by atomic mass is 16.2. The summed E-state index contributed by atoms with van der Waals surface area (Å²) in [4.78, 5) is 27.3. The quantitative estimate of drug-likeness (QED) is 0.824. The molecule has 0 radical (unpaired) electrons. The number of anilines is 1. The van der Waals surface area contributed by atoms with Gasteiger partial charge in [-0.1, -0.05) is 12.1 Å². The molecular weight excluding hydrogens is 386 g/mol. The van der Waals surface area contributed by atoms with E-state index in [1.54, 1.807) is 6.33 Å². The van der Waals surface area contributed by atoms with Gasteiger partial charge in [0.15, 0.2) is 0 Å². The Labute approximate surface area is 185 Å². The number of carbonyl (C=O) groups is 1. The molecule has 1 unspecified atom stereocenters. The number of benzene rings is 1. The molecule has 31 heavy (non-hydrogen) atoms. The molecule has 1 atom stereocenters. The van der Waals surface area contributed by atoms with E-state index in [-0.39, 0.29) is 11.5 Å². The van der Waals surface area contributed by atoms with Crippen molar-refractivity contribution in [1.29, 1.82) is 0 Å². The highest BCUT2D eigenvalue weighted by Gasteiger charge is 2.47. The first-order valence-corrected chi connectivity index (χ1v) is 11.8. The van der Waals surface area contributed by atoms with Gasteiger partial charge in [0.2, 0.25) is 5.91 Å². The minimum absolute atomic E-state index is 0.0996. The Kier molecular flexibility index (Phi) is 5.76. The number of nitrogens with zero attached hydrogens (tertiary/aromatic N) is 4.